The lowest BCUT2D eigenvalue weighted by atomic mass is 10.1. The number of nitro benzene ring substituents is 1. The van der Waals surface area contributed by atoms with E-state index in [1.165, 1.54) is 25.3 Å². The molecule has 0 fully saturated rings. The molecule has 2 aromatic rings. The Hall–Kier alpha value is -3.44. The van der Waals surface area contributed by atoms with Gasteiger partial charge in [-0.2, -0.15) is 27.1 Å². The van der Waals surface area contributed by atoms with Crippen LogP contribution in [0.25, 0.3) is 0 Å². The number of ether oxygens (including phenoxy) is 2. The average Bonchev–Trinajstić information content (AvgIpc) is 2.61. The van der Waals surface area contributed by atoms with Gasteiger partial charge >= 0.3 is 12.8 Å². The molecule has 1 N–H and O–H groups in total. The first-order valence-corrected chi connectivity index (χ1v) is 7.39. The average molecular weight is 405 g/mol. The summed E-state index contributed by atoms with van der Waals surface area (Å²) < 4.78 is 71.8. The fourth-order valence-corrected chi connectivity index (χ4v) is 2.09. The van der Waals surface area contributed by atoms with Crippen molar-refractivity contribution in [1.29, 1.82) is 0 Å². The van der Waals surface area contributed by atoms with Gasteiger partial charge in [0.15, 0.2) is 11.5 Å². The van der Waals surface area contributed by atoms with E-state index in [4.69, 9.17) is 4.74 Å². The molecule has 0 spiro atoms. The number of hydrogen-bond acceptors (Lipinski definition) is 6. The Morgan fingerprint density at radius 1 is 1.18 bits per heavy atom. The molecule has 0 aliphatic rings. The molecule has 0 saturated heterocycles. The summed E-state index contributed by atoms with van der Waals surface area (Å²) in [4.78, 5) is 10.0. The maximum Gasteiger partial charge on any atom is 0.416 e. The Labute approximate surface area is 154 Å². The van der Waals surface area contributed by atoms with Gasteiger partial charge in [0.1, 0.15) is 5.69 Å². The van der Waals surface area contributed by atoms with Gasteiger partial charge in [-0.05, 0) is 35.9 Å². The van der Waals surface area contributed by atoms with E-state index < -0.39 is 29.0 Å². The standard InChI is InChI=1S/C16H12F5N3O4/c1-27-14-6-9(2-5-13(14)28-15(17)18)8-22-23-11-4-3-10(16(19,20)21)7-12(11)24(25)26/h2-8,15,23H,1H3/b22-8-. The quantitative estimate of drug-likeness (QED) is 0.313. The normalized spacial score (nSPS) is 11.7. The number of nitrogens with zero attached hydrogens (tertiary/aromatic N) is 2. The van der Waals surface area contributed by atoms with Gasteiger partial charge in [0.05, 0.1) is 23.8 Å². The van der Waals surface area contributed by atoms with Crippen LogP contribution in [0.1, 0.15) is 11.1 Å². The lowest BCUT2D eigenvalue weighted by molar-refractivity contribution is -0.384. The van der Waals surface area contributed by atoms with Crippen LogP contribution in [0.4, 0.5) is 33.3 Å². The Balaban J connectivity index is 2.21. The van der Waals surface area contributed by atoms with Crippen molar-refractivity contribution in [3.8, 4) is 11.5 Å². The largest absolute Gasteiger partial charge is 0.493 e. The molecule has 28 heavy (non-hydrogen) atoms. The molecule has 12 heteroatoms. The molecule has 0 saturated carbocycles. The summed E-state index contributed by atoms with van der Waals surface area (Å²) in [6.45, 7) is -3.05. The van der Waals surface area contributed by atoms with Gasteiger partial charge in [-0.1, -0.05) is 0 Å². The first-order chi connectivity index (χ1) is 13.1. The van der Waals surface area contributed by atoms with Crippen LogP contribution >= 0.6 is 0 Å². The van der Waals surface area contributed by atoms with Crippen LogP contribution in [-0.4, -0.2) is 24.9 Å². The van der Waals surface area contributed by atoms with Gasteiger partial charge in [-0.3, -0.25) is 15.5 Å². The SMILES string of the molecule is COc1cc(/C=N\Nc2ccc(C(F)(F)F)cc2[N+](=O)[O-])ccc1OC(F)F. The highest BCUT2D eigenvalue weighted by molar-refractivity contribution is 5.82. The number of benzene rings is 2. The number of methoxy groups -OCH3 is 1. The van der Waals surface area contributed by atoms with Crippen LogP contribution in [-0.2, 0) is 6.18 Å². The molecular formula is C16H12F5N3O4. The van der Waals surface area contributed by atoms with Crippen molar-refractivity contribution in [2.75, 3.05) is 12.5 Å². The molecule has 0 unspecified atom stereocenters. The van der Waals surface area contributed by atoms with Gasteiger partial charge in [0.25, 0.3) is 5.69 Å². The van der Waals surface area contributed by atoms with Crippen LogP contribution in [0, 0.1) is 10.1 Å². The van der Waals surface area contributed by atoms with E-state index in [1.54, 1.807) is 0 Å². The Morgan fingerprint density at radius 3 is 2.46 bits per heavy atom. The zero-order valence-electron chi connectivity index (χ0n) is 14.0. The van der Waals surface area contributed by atoms with Crippen molar-refractivity contribution in [1.82, 2.24) is 0 Å². The smallest absolute Gasteiger partial charge is 0.416 e. The first-order valence-electron chi connectivity index (χ1n) is 7.39. The summed E-state index contributed by atoms with van der Waals surface area (Å²) in [6, 6.07) is 5.80. The maximum absolute atomic E-state index is 12.7. The molecule has 0 atom stereocenters. The summed E-state index contributed by atoms with van der Waals surface area (Å²) >= 11 is 0. The van der Waals surface area contributed by atoms with E-state index in [0.717, 1.165) is 12.3 Å². The number of hydrazone groups is 1. The highest BCUT2D eigenvalue weighted by Gasteiger charge is 2.33. The molecule has 0 bridgehead atoms. The number of nitrogens with one attached hydrogen (secondary N) is 1. The fourth-order valence-electron chi connectivity index (χ4n) is 2.09. The van der Waals surface area contributed by atoms with Gasteiger partial charge < -0.3 is 9.47 Å². The first kappa shape index (κ1) is 20.9. The number of rotatable bonds is 7. The summed E-state index contributed by atoms with van der Waals surface area (Å²) in [5.74, 6) is -0.217. The third-order valence-corrected chi connectivity index (χ3v) is 3.32. The minimum Gasteiger partial charge on any atom is -0.493 e. The summed E-state index contributed by atoms with van der Waals surface area (Å²) in [5.41, 5.74) is 0.370. The second kappa shape index (κ2) is 8.50. The second-order valence-corrected chi connectivity index (χ2v) is 5.15. The Morgan fingerprint density at radius 2 is 1.89 bits per heavy atom. The second-order valence-electron chi connectivity index (χ2n) is 5.15. The molecule has 7 nitrogen and oxygen atoms in total. The van der Waals surface area contributed by atoms with Crippen LogP contribution in [0.5, 0.6) is 11.5 Å². The number of anilines is 1. The molecule has 0 aliphatic heterocycles. The Kier molecular flexibility index (Phi) is 6.33. The zero-order valence-corrected chi connectivity index (χ0v) is 14.0. The summed E-state index contributed by atoms with van der Waals surface area (Å²) in [6.07, 6.45) is -3.57. The highest BCUT2D eigenvalue weighted by Crippen LogP contribution is 2.35. The van der Waals surface area contributed by atoms with E-state index in [2.05, 4.69) is 15.3 Å². The van der Waals surface area contributed by atoms with E-state index >= 15 is 0 Å². The number of alkyl halides is 5. The van der Waals surface area contributed by atoms with E-state index in [1.807, 2.05) is 0 Å². The topological polar surface area (TPSA) is 86.0 Å². The van der Waals surface area contributed by atoms with E-state index in [-0.39, 0.29) is 17.2 Å². The number of nitro groups is 1. The number of halogens is 5. The number of hydrogen-bond donors (Lipinski definition) is 1. The zero-order chi connectivity index (χ0) is 20.9. The van der Waals surface area contributed by atoms with Crippen molar-refractivity contribution in [3.63, 3.8) is 0 Å². The molecule has 0 amide bonds. The van der Waals surface area contributed by atoms with Gasteiger partial charge in [0, 0.05) is 6.07 Å². The predicted octanol–water partition coefficient (Wildman–Crippen LogP) is 4.67. The van der Waals surface area contributed by atoms with Crippen LogP contribution in [0.2, 0.25) is 0 Å². The monoisotopic (exact) mass is 405 g/mol. The minimum absolute atomic E-state index is 0.00948. The van der Waals surface area contributed by atoms with Crippen molar-refractivity contribution in [2.45, 2.75) is 12.8 Å². The molecule has 2 rings (SSSR count). The van der Waals surface area contributed by atoms with Crippen molar-refractivity contribution in [3.05, 3.63) is 57.6 Å². The van der Waals surface area contributed by atoms with Crippen molar-refractivity contribution < 1.29 is 36.3 Å². The van der Waals surface area contributed by atoms with E-state index in [0.29, 0.717) is 17.7 Å². The molecule has 0 aliphatic carbocycles. The molecule has 150 valence electrons. The lowest BCUT2D eigenvalue weighted by Gasteiger charge is -2.10. The van der Waals surface area contributed by atoms with Crippen molar-refractivity contribution >= 4 is 17.6 Å². The predicted molar refractivity (Wildman–Crippen MR) is 88.9 cm³/mol. The molecule has 0 aromatic heterocycles. The molecular weight excluding hydrogens is 393 g/mol. The van der Waals surface area contributed by atoms with Gasteiger partial charge in [0.2, 0.25) is 0 Å². The molecule has 0 radical (unpaired) electrons. The van der Waals surface area contributed by atoms with Gasteiger partial charge in [-0.25, -0.2) is 0 Å². The third-order valence-electron chi connectivity index (χ3n) is 3.32. The van der Waals surface area contributed by atoms with Crippen molar-refractivity contribution in [2.24, 2.45) is 5.10 Å². The lowest BCUT2D eigenvalue weighted by Crippen LogP contribution is -2.06. The molecule has 2 aromatic carbocycles. The van der Waals surface area contributed by atoms with Crippen LogP contribution < -0.4 is 14.9 Å². The molecule has 0 heterocycles. The highest BCUT2D eigenvalue weighted by atomic mass is 19.4. The van der Waals surface area contributed by atoms with Crippen LogP contribution in [0.15, 0.2) is 41.5 Å². The van der Waals surface area contributed by atoms with Crippen LogP contribution in [0.3, 0.4) is 0 Å². The summed E-state index contributed by atoms with van der Waals surface area (Å²) in [7, 11) is 1.23. The van der Waals surface area contributed by atoms with E-state index in [9.17, 15) is 32.1 Å². The Bertz CT molecular complexity index is 887. The third kappa shape index (κ3) is 5.28. The fraction of sp³-hybridized carbons (Fsp3) is 0.188. The summed E-state index contributed by atoms with van der Waals surface area (Å²) in [5, 5.41) is 14.7. The maximum atomic E-state index is 12.7. The van der Waals surface area contributed by atoms with Gasteiger partial charge in [-0.15, -0.1) is 0 Å². The minimum atomic E-state index is -4.73.